The van der Waals surface area contributed by atoms with Gasteiger partial charge in [-0.3, -0.25) is 0 Å². The zero-order valence-electron chi connectivity index (χ0n) is 4.88. The largest absolute Gasteiger partial charge is 0.107 e. The van der Waals surface area contributed by atoms with Gasteiger partial charge in [-0.25, -0.2) is 0 Å². The maximum atomic E-state index is 5.59. The van der Waals surface area contributed by atoms with Gasteiger partial charge >= 0.3 is 0 Å². The van der Waals surface area contributed by atoms with Crippen molar-refractivity contribution in [2.24, 2.45) is 0 Å². The first kappa shape index (κ1) is 8.80. The van der Waals surface area contributed by atoms with E-state index in [2.05, 4.69) is 17.2 Å². The van der Waals surface area contributed by atoms with Crippen LogP contribution in [0, 0.1) is 0 Å². The van der Waals surface area contributed by atoms with E-state index in [1.165, 1.54) is 0 Å². The van der Waals surface area contributed by atoms with Gasteiger partial charge in [-0.1, -0.05) is 19.8 Å². The quantitative estimate of drug-likeness (QED) is 0.448. The lowest BCUT2D eigenvalue weighted by molar-refractivity contribution is 0.733. The second kappa shape index (κ2) is 3.75. The average Bonchev–Trinajstić information content (AvgIpc) is 1.59. The van der Waals surface area contributed by atoms with Crippen LogP contribution in [0.15, 0.2) is 0 Å². The SMILES string of the molecule is CCCCC([Si])(Cl)Cl. The third-order valence-electron chi connectivity index (χ3n) is 0.844. The molecule has 0 aromatic carbocycles. The van der Waals surface area contributed by atoms with Crippen LogP contribution >= 0.6 is 23.2 Å². The van der Waals surface area contributed by atoms with Gasteiger partial charge in [-0.05, 0) is 6.42 Å². The molecule has 0 bridgehead atoms. The molecule has 0 aromatic heterocycles. The first-order chi connectivity index (χ1) is 3.56. The first-order valence-corrected chi connectivity index (χ1v) is 3.94. The summed E-state index contributed by atoms with van der Waals surface area (Å²) in [6.07, 6.45) is 3.01. The Morgan fingerprint density at radius 1 is 1.50 bits per heavy atom. The van der Waals surface area contributed by atoms with Crippen molar-refractivity contribution in [2.45, 2.75) is 30.1 Å². The summed E-state index contributed by atoms with van der Waals surface area (Å²) in [5.41, 5.74) is 0. The van der Waals surface area contributed by atoms with E-state index in [4.69, 9.17) is 23.2 Å². The molecule has 0 N–H and O–H groups in total. The highest BCUT2D eigenvalue weighted by molar-refractivity contribution is 6.65. The van der Waals surface area contributed by atoms with Crippen molar-refractivity contribution in [3.63, 3.8) is 0 Å². The summed E-state index contributed by atoms with van der Waals surface area (Å²) in [5.74, 6) is 0. The number of hydrogen-bond acceptors (Lipinski definition) is 0. The highest BCUT2D eigenvalue weighted by Crippen LogP contribution is 2.22. The van der Waals surface area contributed by atoms with E-state index in [1.54, 1.807) is 0 Å². The lowest BCUT2D eigenvalue weighted by Crippen LogP contribution is -2.10. The van der Waals surface area contributed by atoms with Gasteiger partial charge in [0.15, 0.2) is 0 Å². The summed E-state index contributed by atoms with van der Waals surface area (Å²) in [5, 5.41) is 0. The molecule has 0 aliphatic carbocycles. The molecule has 3 heteroatoms. The number of hydrogen-bond donors (Lipinski definition) is 0. The molecule has 0 rings (SSSR count). The Kier molecular flexibility index (Phi) is 4.13. The Balaban J connectivity index is 3.11. The molecule has 0 aromatic rings. The lowest BCUT2D eigenvalue weighted by atomic mass is 10.3. The van der Waals surface area contributed by atoms with Crippen LogP contribution in [-0.4, -0.2) is 14.2 Å². The van der Waals surface area contributed by atoms with Crippen LogP contribution in [0.4, 0.5) is 0 Å². The van der Waals surface area contributed by atoms with Crippen molar-refractivity contribution in [1.29, 1.82) is 0 Å². The molecule has 0 fully saturated rings. The Bertz CT molecular complexity index is 57.9. The van der Waals surface area contributed by atoms with Crippen molar-refractivity contribution in [2.75, 3.05) is 0 Å². The normalized spacial score (nSPS) is 12.0. The number of halogens is 2. The predicted octanol–water partition coefficient (Wildman–Crippen LogP) is 2.48. The molecule has 47 valence electrons. The Hall–Kier alpha value is 0.797. The number of rotatable bonds is 3. The van der Waals surface area contributed by atoms with Crippen molar-refractivity contribution >= 4 is 33.4 Å². The second-order valence-electron chi connectivity index (χ2n) is 1.81. The fourth-order valence-corrected chi connectivity index (χ4v) is 0.843. The van der Waals surface area contributed by atoms with Crippen LogP contribution in [0.5, 0.6) is 0 Å². The van der Waals surface area contributed by atoms with Crippen LogP contribution in [0.3, 0.4) is 0 Å². The minimum absolute atomic E-state index is 0.698. The molecule has 0 heterocycles. The fraction of sp³-hybridized carbons (Fsp3) is 1.00. The molecule has 0 saturated heterocycles. The highest BCUT2D eigenvalue weighted by Gasteiger charge is 2.14. The average molecular weight is 168 g/mol. The molecule has 0 aliphatic rings. The van der Waals surface area contributed by atoms with E-state index < -0.39 is 3.96 Å². The zero-order valence-corrected chi connectivity index (χ0v) is 7.39. The molecular formula is C5H9Cl2Si. The van der Waals surface area contributed by atoms with Crippen LogP contribution in [0.25, 0.3) is 0 Å². The van der Waals surface area contributed by atoms with E-state index >= 15 is 0 Å². The third-order valence-corrected chi connectivity index (χ3v) is 1.47. The maximum absolute atomic E-state index is 5.59. The molecule has 0 amide bonds. The Labute approximate surface area is 64.0 Å². The zero-order chi connectivity index (χ0) is 6.62. The predicted molar refractivity (Wildman–Crippen MR) is 39.7 cm³/mol. The van der Waals surface area contributed by atoms with E-state index in [1.807, 2.05) is 0 Å². The van der Waals surface area contributed by atoms with Gasteiger partial charge < -0.3 is 0 Å². The Morgan fingerprint density at radius 3 is 2.12 bits per heavy atom. The lowest BCUT2D eigenvalue weighted by Gasteiger charge is -2.10. The standard InChI is InChI=1S/C5H9Cl2Si/c1-2-3-4-5(6,7)8/h2-4H2,1H3. The summed E-state index contributed by atoms with van der Waals surface area (Å²) in [7, 11) is 3.16. The summed E-state index contributed by atoms with van der Waals surface area (Å²) in [6.45, 7) is 2.10. The van der Waals surface area contributed by atoms with Crippen LogP contribution in [-0.2, 0) is 0 Å². The second-order valence-corrected chi connectivity index (χ2v) is 4.78. The molecular weight excluding hydrogens is 159 g/mol. The van der Waals surface area contributed by atoms with Gasteiger partial charge in [0.05, 0.1) is 14.2 Å². The van der Waals surface area contributed by atoms with Crippen LogP contribution in [0.2, 0.25) is 0 Å². The summed E-state index contributed by atoms with van der Waals surface area (Å²) in [6, 6.07) is 0. The van der Waals surface area contributed by atoms with Crippen LogP contribution < -0.4 is 0 Å². The van der Waals surface area contributed by atoms with Crippen molar-refractivity contribution in [3.05, 3.63) is 0 Å². The Morgan fingerprint density at radius 2 is 2.00 bits per heavy atom. The smallest absolute Gasteiger partial charge is 0.0998 e. The molecule has 0 aliphatic heterocycles. The van der Waals surface area contributed by atoms with Gasteiger partial charge in [0.1, 0.15) is 0 Å². The molecule has 0 unspecified atom stereocenters. The van der Waals surface area contributed by atoms with Gasteiger partial charge in [-0.15, -0.1) is 23.2 Å². The highest BCUT2D eigenvalue weighted by atomic mass is 35.5. The maximum Gasteiger partial charge on any atom is 0.0998 e. The van der Waals surface area contributed by atoms with Crippen molar-refractivity contribution in [1.82, 2.24) is 0 Å². The van der Waals surface area contributed by atoms with Gasteiger partial charge in [-0.2, -0.15) is 0 Å². The molecule has 0 atom stereocenters. The monoisotopic (exact) mass is 167 g/mol. The minimum atomic E-state index is -0.698. The topological polar surface area (TPSA) is 0 Å². The first-order valence-electron chi connectivity index (χ1n) is 2.69. The summed E-state index contributed by atoms with van der Waals surface area (Å²) in [4.78, 5) is 0. The number of unbranched alkanes of at least 4 members (excludes halogenated alkanes) is 1. The molecule has 0 nitrogen and oxygen atoms in total. The van der Waals surface area contributed by atoms with Gasteiger partial charge in [0.25, 0.3) is 0 Å². The van der Waals surface area contributed by atoms with E-state index in [0.29, 0.717) is 0 Å². The molecule has 0 saturated carbocycles. The van der Waals surface area contributed by atoms with Gasteiger partial charge in [0.2, 0.25) is 0 Å². The van der Waals surface area contributed by atoms with E-state index in [9.17, 15) is 0 Å². The molecule has 3 radical (unpaired) electrons. The van der Waals surface area contributed by atoms with E-state index in [0.717, 1.165) is 19.3 Å². The van der Waals surface area contributed by atoms with E-state index in [-0.39, 0.29) is 0 Å². The molecule has 0 spiro atoms. The third kappa shape index (κ3) is 6.80. The van der Waals surface area contributed by atoms with Crippen LogP contribution in [0.1, 0.15) is 26.2 Å². The fourth-order valence-electron chi connectivity index (χ4n) is 0.399. The van der Waals surface area contributed by atoms with Crippen molar-refractivity contribution in [3.8, 4) is 0 Å². The van der Waals surface area contributed by atoms with Crippen molar-refractivity contribution < 1.29 is 0 Å². The summed E-state index contributed by atoms with van der Waals surface area (Å²) < 4.78 is -0.698. The van der Waals surface area contributed by atoms with Gasteiger partial charge in [0, 0.05) is 0 Å². The number of alkyl halides is 2. The molecule has 8 heavy (non-hydrogen) atoms. The summed E-state index contributed by atoms with van der Waals surface area (Å²) >= 11 is 11.2. The minimum Gasteiger partial charge on any atom is -0.107 e.